The minimum Gasteiger partial charge on any atom is -0.486 e. The maximum absolute atomic E-state index is 13.0. The molecule has 3 aromatic rings. The van der Waals surface area contributed by atoms with Crippen molar-refractivity contribution in [2.45, 2.75) is 18.8 Å². The van der Waals surface area contributed by atoms with Crippen molar-refractivity contribution in [3.05, 3.63) is 89.5 Å². The second-order valence-electron chi connectivity index (χ2n) is 7.93. The Morgan fingerprint density at radius 3 is 2.53 bits per heavy atom. The molecule has 0 aliphatic carbocycles. The summed E-state index contributed by atoms with van der Waals surface area (Å²) in [4.78, 5) is 15.5. The van der Waals surface area contributed by atoms with Gasteiger partial charge in [0.1, 0.15) is 13.2 Å². The summed E-state index contributed by atoms with van der Waals surface area (Å²) in [6.07, 6.45) is 1.51. The van der Waals surface area contributed by atoms with Gasteiger partial charge in [-0.05, 0) is 41.8 Å². The van der Waals surface area contributed by atoms with Crippen molar-refractivity contribution < 1.29 is 14.3 Å². The Morgan fingerprint density at radius 2 is 1.67 bits per heavy atom. The van der Waals surface area contributed by atoms with Gasteiger partial charge in [-0.1, -0.05) is 48.5 Å². The molecule has 0 bridgehead atoms. The molecular weight excluding hydrogens is 374 g/mol. The minimum absolute atomic E-state index is 0.0956. The molecule has 2 aliphatic rings. The van der Waals surface area contributed by atoms with Crippen molar-refractivity contribution >= 4 is 11.5 Å². The molecule has 0 radical (unpaired) electrons. The lowest BCUT2D eigenvalue weighted by Gasteiger charge is -2.22. The van der Waals surface area contributed by atoms with Crippen LogP contribution in [-0.2, 0) is 6.42 Å². The van der Waals surface area contributed by atoms with Crippen LogP contribution in [0.3, 0.4) is 0 Å². The lowest BCUT2D eigenvalue weighted by atomic mass is 9.98. The Balaban J connectivity index is 1.33. The summed E-state index contributed by atoms with van der Waals surface area (Å²) in [7, 11) is 0. The Kier molecular flexibility index (Phi) is 5.14. The first-order valence-electron chi connectivity index (χ1n) is 10.6. The van der Waals surface area contributed by atoms with Gasteiger partial charge in [0.15, 0.2) is 17.3 Å². The number of ketones is 1. The van der Waals surface area contributed by atoms with E-state index in [0.717, 1.165) is 25.1 Å². The average molecular weight is 399 g/mol. The largest absolute Gasteiger partial charge is 0.486 e. The summed E-state index contributed by atoms with van der Waals surface area (Å²) in [6.45, 7) is 3.06. The zero-order chi connectivity index (χ0) is 20.3. The Morgan fingerprint density at radius 1 is 0.900 bits per heavy atom. The molecule has 1 fully saturated rings. The summed E-state index contributed by atoms with van der Waals surface area (Å²) in [5.74, 6) is 2.00. The number of rotatable bonds is 5. The van der Waals surface area contributed by atoms with E-state index in [1.165, 1.54) is 11.3 Å². The number of anilines is 1. The van der Waals surface area contributed by atoms with Gasteiger partial charge in [-0.25, -0.2) is 0 Å². The van der Waals surface area contributed by atoms with Crippen LogP contribution in [0, 0.1) is 0 Å². The molecule has 1 atom stereocenters. The predicted molar refractivity (Wildman–Crippen MR) is 118 cm³/mol. The van der Waals surface area contributed by atoms with Crippen LogP contribution in [0.25, 0.3) is 0 Å². The molecule has 2 aliphatic heterocycles. The highest BCUT2D eigenvalue weighted by molar-refractivity contribution is 5.98. The maximum atomic E-state index is 13.0. The van der Waals surface area contributed by atoms with Crippen LogP contribution in [0.15, 0.2) is 72.8 Å². The third kappa shape index (κ3) is 3.78. The van der Waals surface area contributed by atoms with Gasteiger partial charge >= 0.3 is 0 Å². The molecule has 0 amide bonds. The van der Waals surface area contributed by atoms with E-state index in [0.29, 0.717) is 42.6 Å². The Bertz CT molecular complexity index is 1050. The van der Waals surface area contributed by atoms with Gasteiger partial charge in [0.25, 0.3) is 0 Å². The molecule has 1 unspecified atom stereocenters. The molecule has 3 aromatic carbocycles. The molecule has 0 saturated carbocycles. The standard InChI is InChI=1S/C26H25NO3/c28-24(21-10-11-25-26(17-21)30-15-14-29-25)16-20-8-4-5-9-23(20)27-13-12-22(18-27)19-6-2-1-3-7-19/h1-11,17,22H,12-16,18H2. The van der Waals surface area contributed by atoms with E-state index < -0.39 is 0 Å². The van der Waals surface area contributed by atoms with Crippen molar-refractivity contribution in [3.8, 4) is 11.5 Å². The fourth-order valence-electron chi connectivity index (χ4n) is 4.44. The van der Waals surface area contributed by atoms with Crippen molar-refractivity contribution in [2.24, 2.45) is 0 Å². The van der Waals surface area contributed by atoms with Gasteiger partial charge in [0.05, 0.1) is 0 Å². The molecule has 30 heavy (non-hydrogen) atoms. The number of para-hydroxylation sites is 1. The zero-order valence-electron chi connectivity index (χ0n) is 16.9. The molecule has 2 heterocycles. The van der Waals surface area contributed by atoms with E-state index in [9.17, 15) is 4.79 Å². The number of carbonyl (C=O) groups excluding carboxylic acids is 1. The molecular formula is C26H25NO3. The number of Topliss-reactive ketones (excluding diaryl/α,β-unsaturated/α-hetero) is 1. The molecule has 152 valence electrons. The van der Waals surface area contributed by atoms with E-state index >= 15 is 0 Å². The number of nitrogens with zero attached hydrogens (tertiary/aromatic N) is 1. The lowest BCUT2D eigenvalue weighted by molar-refractivity contribution is 0.0991. The first-order valence-corrected chi connectivity index (χ1v) is 10.6. The van der Waals surface area contributed by atoms with E-state index in [-0.39, 0.29) is 5.78 Å². The smallest absolute Gasteiger partial charge is 0.167 e. The number of ether oxygens (including phenoxy) is 2. The third-order valence-electron chi connectivity index (χ3n) is 6.01. The summed E-state index contributed by atoms with van der Waals surface area (Å²) < 4.78 is 11.2. The van der Waals surface area contributed by atoms with E-state index in [2.05, 4.69) is 53.4 Å². The van der Waals surface area contributed by atoms with Crippen molar-refractivity contribution in [2.75, 3.05) is 31.2 Å². The van der Waals surface area contributed by atoms with Gasteiger partial charge in [0, 0.05) is 36.7 Å². The molecule has 0 spiro atoms. The number of carbonyl (C=O) groups is 1. The van der Waals surface area contributed by atoms with Crippen LogP contribution in [-0.4, -0.2) is 32.1 Å². The van der Waals surface area contributed by atoms with Crippen LogP contribution < -0.4 is 14.4 Å². The monoisotopic (exact) mass is 399 g/mol. The maximum Gasteiger partial charge on any atom is 0.167 e. The zero-order valence-corrected chi connectivity index (χ0v) is 16.9. The van der Waals surface area contributed by atoms with Crippen LogP contribution in [0.4, 0.5) is 5.69 Å². The molecule has 5 rings (SSSR count). The van der Waals surface area contributed by atoms with Crippen molar-refractivity contribution in [1.29, 1.82) is 0 Å². The van der Waals surface area contributed by atoms with Gasteiger partial charge in [-0.2, -0.15) is 0 Å². The quantitative estimate of drug-likeness (QED) is 0.574. The number of hydrogen-bond donors (Lipinski definition) is 0. The molecule has 1 saturated heterocycles. The number of benzene rings is 3. The number of hydrogen-bond acceptors (Lipinski definition) is 4. The number of fused-ring (bicyclic) bond motifs is 1. The van der Waals surface area contributed by atoms with Crippen molar-refractivity contribution in [1.82, 2.24) is 0 Å². The molecule has 0 aromatic heterocycles. The first-order chi connectivity index (χ1) is 14.8. The Hall–Kier alpha value is -3.27. The topological polar surface area (TPSA) is 38.8 Å². The van der Waals surface area contributed by atoms with Gasteiger partial charge in [0.2, 0.25) is 0 Å². The second-order valence-corrected chi connectivity index (χ2v) is 7.93. The fourth-order valence-corrected chi connectivity index (χ4v) is 4.44. The van der Waals surface area contributed by atoms with E-state index in [4.69, 9.17) is 9.47 Å². The highest BCUT2D eigenvalue weighted by atomic mass is 16.6. The summed E-state index contributed by atoms with van der Waals surface area (Å²) in [5, 5.41) is 0. The SMILES string of the molecule is O=C(Cc1ccccc1N1CCC(c2ccccc2)C1)c1ccc2c(c1)OCCO2. The summed E-state index contributed by atoms with van der Waals surface area (Å²) >= 11 is 0. The predicted octanol–water partition coefficient (Wildman–Crippen LogP) is 4.88. The van der Waals surface area contributed by atoms with E-state index in [1.54, 1.807) is 6.07 Å². The van der Waals surface area contributed by atoms with Crippen LogP contribution in [0.5, 0.6) is 11.5 Å². The summed E-state index contributed by atoms with van der Waals surface area (Å²) in [5.41, 5.74) is 4.30. The van der Waals surface area contributed by atoms with Gasteiger partial charge < -0.3 is 14.4 Å². The highest BCUT2D eigenvalue weighted by Gasteiger charge is 2.26. The van der Waals surface area contributed by atoms with Crippen LogP contribution in [0.1, 0.15) is 33.8 Å². The molecule has 0 N–H and O–H groups in total. The van der Waals surface area contributed by atoms with Crippen LogP contribution in [0.2, 0.25) is 0 Å². The molecule has 4 heteroatoms. The van der Waals surface area contributed by atoms with Crippen molar-refractivity contribution in [3.63, 3.8) is 0 Å². The Labute approximate surface area is 177 Å². The highest BCUT2D eigenvalue weighted by Crippen LogP contribution is 2.34. The van der Waals surface area contributed by atoms with E-state index in [1.807, 2.05) is 18.2 Å². The first kappa shape index (κ1) is 18.7. The third-order valence-corrected chi connectivity index (χ3v) is 6.01. The van der Waals surface area contributed by atoms with Crippen LogP contribution >= 0.6 is 0 Å². The normalized spacial score (nSPS) is 17.7. The minimum atomic E-state index is 0.0956. The fraction of sp³-hybridized carbons (Fsp3) is 0.269. The summed E-state index contributed by atoms with van der Waals surface area (Å²) in [6, 6.07) is 24.5. The lowest BCUT2D eigenvalue weighted by Crippen LogP contribution is -2.21. The molecule has 4 nitrogen and oxygen atoms in total. The second kappa shape index (κ2) is 8.23. The van der Waals surface area contributed by atoms with Gasteiger partial charge in [-0.3, -0.25) is 4.79 Å². The average Bonchev–Trinajstić information content (AvgIpc) is 3.30. The van der Waals surface area contributed by atoms with Gasteiger partial charge in [-0.15, -0.1) is 0 Å².